The van der Waals surface area contributed by atoms with Gasteiger partial charge in [-0.1, -0.05) is 72.8 Å². The summed E-state index contributed by atoms with van der Waals surface area (Å²) in [6, 6.07) is 24.2. The van der Waals surface area contributed by atoms with Gasteiger partial charge < -0.3 is 15.2 Å². The molecule has 29 heavy (non-hydrogen) atoms. The molecule has 7 nitrogen and oxygen atoms in total. The molecule has 0 aliphatic rings. The van der Waals surface area contributed by atoms with Crippen LogP contribution in [0.1, 0.15) is 11.3 Å². The monoisotopic (exact) mass is 407 g/mol. The topological polar surface area (TPSA) is 104 Å². The van der Waals surface area contributed by atoms with Crippen LogP contribution in [0.2, 0.25) is 0 Å². The average molecular weight is 407 g/mol. The number of aromatic nitrogens is 2. The molecule has 3 N–H and O–H groups in total. The first-order chi connectivity index (χ1) is 13.9. The molecule has 146 valence electrons. The van der Waals surface area contributed by atoms with Crippen molar-refractivity contribution < 1.29 is 14.4 Å². The molecule has 0 radical (unpaired) electrons. The predicted molar refractivity (Wildman–Crippen MR) is 112 cm³/mol. The van der Waals surface area contributed by atoms with E-state index in [9.17, 15) is 19.1 Å². The Hall–Kier alpha value is -3.25. The summed E-state index contributed by atoms with van der Waals surface area (Å²) in [5.74, 6) is -1.14. The molecule has 1 aromatic heterocycles. The van der Waals surface area contributed by atoms with Gasteiger partial charge in [0.2, 0.25) is 0 Å². The zero-order valence-corrected chi connectivity index (χ0v) is 16.1. The molecular weight excluding hydrogens is 389 g/mol. The van der Waals surface area contributed by atoms with Gasteiger partial charge in [0.15, 0.2) is 11.6 Å². The lowest BCUT2D eigenvalue weighted by molar-refractivity contribution is 0.359. The van der Waals surface area contributed by atoms with Gasteiger partial charge >= 0.3 is 7.60 Å². The van der Waals surface area contributed by atoms with Crippen LogP contribution in [0.5, 0.6) is 0 Å². The number of para-hydroxylation sites is 1. The fraction of sp³-hybridized carbons (Fsp3) is 0.0476. The van der Waals surface area contributed by atoms with E-state index in [4.69, 9.17) is 0 Å². The Balaban J connectivity index is 1.95. The first-order valence-corrected chi connectivity index (χ1v) is 10.6. The highest BCUT2D eigenvalue weighted by molar-refractivity contribution is 7.52. The number of nitrogens with one attached hydrogen (secondary N) is 1. The van der Waals surface area contributed by atoms with Crippen molar-refractivity contribution in [2.75, 3.05) is 5.43 Å². The number of benzene rings is 3. The number of rotatable bonds is 5. The average Bonchev–Trinajstić information content (AvgIpc) is 2.73. The smallest absolute Gasteiger partial charge is 0.323 e. The number of hydrogen-bond acceptors (Lipinski definition) is 4. The molecule has 0 amide bonds. The summed E-state index contributed by atoms with van der Waals surface area (Å²) in [6.07, 6.45) is 0. The van der Waals surface area contributed by atoms with Crippen LogP contribution in [-0.4, -0.2) is 19.4 Å². The molecule has 0 spiro atoms. The van der Waals surface area contributed by atoms with Gasteiger partial charge in [0.1, 0.15) is 0 Å². The highest BCUT2D eigenvalue weighted by Gasteiger charge is 2.32. The maximum absolute atomic E-state index is 13.2. The van der Waals surface area contributed by atoms with E-state index in [2.05, 4.69) is 10.4 Å². The van der Waals surface area contributed by atoms with E-state index in [1.54, 1.807) is 78.9 Å². The quantitative estimate of drug-likeness (QED) is 0.438. The Morgan fingerprint density at radius 1 is 0.862 bits per heavy atom. The second-order valence-electron chi connectivity index (χ2n) is 6.49. The molecule has 0 bridgehead atoms. The van der Waals surface area contributed by atoms with Crippen LogP contribution in [0.15, 0.2) is 89.7 Å². The Labute approximate surface area is 166 Å². The van der Waals surface area contributed by atoms with Crippen molar-refractivity contribution in [3.8, 4) is 11.4 Å². The summed E-state index contributed by atoms with van der Waals surface area (Å²) in [5, 5.41) is 0.345. The van der Waals surface area contributed by atoms with Crippen molar-refractivity contribution in [2.45, 2.75) is 5.78 Å². The second-order valence-corrected chi connectivity index (χ2v) is 8.19. The van der Waals surface area contributed by atoms with E-state index in [1.807, 2.05) is 6.07 Å². The molecule has 4 rings (SSSR count). The zero-order valence-electron chi connectivity index (χ0n) is 15.2. The lowest BCUT2D eigenvalue weighted by atomic mass is 10.2. The van der Waals surface area contributed by atoms with Gasteiger partial charge in [0, 0.05) is 5.56 Å². The van der Waals surface area contributed by atoms with Gasteiger partial charge in [-0.25, -0.2) is 9.66 Å². The molecule has 0 aliphatic carbocycles. The summed E-state index contributed by atoms with van der Waals surface area (Å²) in [7, 11) is -4.65. The first-order valence-electron chi connectivity index (χ1n) is 8.89. The van der Waals surface area contributed by atoms with Crippen LogP contribution in [0, 0.1) is 0 Å². The summed E-state index contributed by atoms with van der Waals surface area (Å²) >= 11 is 0. The molecule has 0 fully saturated rings. The number of fused-ring (bicyclic) bond motifs is 1. The zero-order chi connectivity index (χ0) is 20.4. The molecule has 4 aromatic rings. The van der Waals surface area contributed by atoms with Gasteiger partial charge in [-0.05, 0) is 17.7 Å². The van der Waals surface area contributed by atoms with E-state index in [0.29, 0.717) is 22.0 Å². The van der Waals surface area contributed by atoms with E-state index in [1.165, 1.54) is 0 Å². The fourth-order valence-electron chi connectivity index (χ4n) is 3.13. The maximum atomic E-state index is 13.2. The second kappa shape index (κ2) is 7.64. The Kier molecular flexibility index (Phi) is 5.03. The molecule has 0 aliphatic heterocycles. The highest BCUT2D eigenvalue weighted by atomic mass is 31.2. The van der Waals surface area contributed by atoms with Crippen molar-refractivity contribution in [3.63, 3.8) is 0 Å². The third-order valence-corrected chi connectivity index (χ3v) is 5.60. The van der Waals surface area contributed by atoms with E-state index in [-0.39, 0.29) is 5.82 Å². The summed E-state index contributed by atoms with van der Waals surface area (Å²) in [6.45, 7) is 0. The molecule has 1 atom stereocenters. The van der Waals surface area contributed by atoms with Gasteiger partial charge in [0.05, 0.1) is 10.9 Å². The van der Waals surface area contributed by atoms with Crippen molar-refractivity contribution in [1.82, 2.24) is 9.66 Å². The highest BCUT2D eigenvalue weighted by Crippen LogP contribution is 2.50. The maximum Gasteiger partial charge on any atom is 0.353 e. The van der Waals surface area contributed by atoms with E-state index >= 15 is 0 Å². The minimum Gasteiger partial charge on any atom is -0.323 e. The Bertz CT molecular complexity index is 1250. The Morgan fingerprint density at radius 3 is 2.10 bits per heavy atom. The molecular formula is C21H18N3O4P. The summed E-state index contributed by atoms with van der Waals surface area (Å²) in [4.78, 5) is 37.7. The van der Waals surface area contributed by atoms with Crippen LogP contribution in [0.3, 0.4) is 0 Å². The lowest BCUT2D eigenvalue weighted by Crippen LogP contribution is -2.34. The van der Waals surface area contributed by atoms with E-state index in [0.717, 1.165) is 4.68 Å². The third-order valence-electron chi connectivity index (χ3n) is 4.51. The summed E-state index contributed by atoms with van der Waals surface area (Å²) < 4.78 is 13.4. The van der Waals surface area contributed by atoms with Crippen LogP contribution in [0.25, 0.3) is 22.3 Å². The van der Waals surface area contributed by atoms with Crippen molar-refractivity contribution in [3.05, 3.63) is 101 Å². The molecule has 1 unspecified atom stereocenters. The predicted octanol–water partition coefficient (Wildman–Crippen LogP) is 3.48. The molecule has 3 aromatic carbocycles. The summed E-state index contributed by atoms with van der Waals surface area (Å²) in [5.41, 5.74) is 3.80. The lowest BCUT2D eigenvalue weighted by Gasteiger charge is -2.24. The van der Waals surface area contributed by atoms with E-state index < -0.39 is 18.9 Å². The Morgan fingerprint density at radius 2 is 1.45 bits per heavy atom. The van der Waals surface area contributed by atoms with Crippen molar-refractivity contribution >= 4 is 18.5 Å². The van der Waals surface area contributed by atoms with Crippen LogP contribution < -0.4 is 11.0 Å². The fourth-order valence-corrected chi connectivity index (χ4v) is 3.96. The number of hydrogen-bond donors (Lipinski definition) is 3. The van der Waals surface area contributed by atoms with Crippen LogP contribution in [-0.2, 0) is 4.57 Å². The minimum absolute atomic E-state index is 0.267. The number of nitrogens with zero attached hydrogens (tertiary/aromatic N) is 2. The largest absolute Gasteiger partial charge is 0.353 e. The normalized spacial score (nSPS) is 12.6. The molecule has 0 saturated carbocycles. The molecule has 0 saturated heterocycles. The van der Waals surface area contributed by atoms with Crippen molar-refractivity contribution in [1.29, 1.82) is 0 Å². The van der Waals surface area contributed by atoms with Gasteiger partial charge in [-0.15, -0.1) is 0 Å². The van der Waals surface area contributed by atoms with Crippen molar-refractivity contribution in [2.24, 2.45) is 0 Å². The first kappa shape index (κ1) is 19.1. The molecule has 1 heterocycles. The van der Waals surface area contributed by atoms with Gasteiger partial charge in [-0.3, -0.25) is 9.36 Å². The van der Waals surface area contributed by atoms with Crippen LogP contribution in [0.4, 0.5) is 0 Å². The van der Waals surface area contributed by atoms with Gasteiger partial charge in [0.25, 0.3) is 5.56 Å². The SMILES string of the molecule is O=c1c2ccccc2nc(-c2ccccc2)n1NC(c1ccccc1)P(=O)(O)O. The van der Waals surface area contributed by atoms with Gasteiger partial charge in [-0.2, -0.15) is 0 Å². The standard InChI is InChI=1S/C21H18N3O4P/c25-21-17-13-7-8-14-18(17)22-19(15-9-3-1-4-10-15)24(21)23-20(29(26,27)28)16-11-5-2-6-12-16/h1-14,20,23H,(H2,26,27,28). The van der Waals surface area contributed by atoms with Crippen LogP contribution >= 0.6 is 7.60 Å². The molecule has 8 heteroatoms. The minimum atomic E-state index is -4.65. The third kappa shape index (κ3) is 3.84.